The highest BCUT2D eigenvalue weighted by Gasteiger charge is 2.26. The molecular formula is C20H28N4O5. The first-order chi connectivity index (χ1) is 13.9. The molecule has 1 fully saturated rings. The molecule has 0 bridgehead atoms. The van der Waals surface area contributed by atoms with Gasteiger partial charge in [-0.05, 0) is 31.4 Å². The minimum atomic E-state index is -0.881. The smallest absolute Gasteiger partial charge is 0.375 e. The number of esters is 1. The number of hydrogen-bond donors (Lipinski definition) is 3. The molecule has 0 saturated carbocycles. The molecule has 158 valence electrons. The van der Waals surface area contributed by atoms with E-state index in [-0.39, 0.29) is 24.8 Å². The van der Waals surface area contributed by atoms with E-state index >= 15 is 0 Å². The molecule has 0 radical (unpaired) electrons. The summed E-state index contributed by atoms with van der Waals surface area (Å²) in [5, 5.41) is 8.06. The molecule has 0 aromatic heterocycles. The fourth-order valence-electron chi connectivity index (χ4n) is 2.92. The van der Waals surface area contributed by atoms with Gasteiger partial charge in [0.2, 0.25) is 0 Å². The molecule has 9 nitrogen and oxygen atoms in total. The molecular weight excluding hydrogens is 376 g/mol. The Hall–Kier alpha value is -2.94. The lowest BCUT2D eigenvalue weighted by Gasteiger charge is -2.21. The van der Waals surface area contributed by atoms with Crippen LogP contribution in [-0.2, 0) is 20.7 Å². The summed E-state index contributed by atoms with van der Waals surface area (Å²) >= 11 is 0. The van der Waals surface area contributed by atoms with Crippen LogP contribution in [0.4, 0.5) is 9.59 Å². The van der Waals surface area contributed by atoms with Crippen molar-refractivity contribution in [2.45, 2.75) is 37.8 Å². The Morgan fingerprint density at radius 2 is 1.93 bits per heavy atom. The molecule has 1 aliphatic rings. The van der Waals surface area contributed by atoms with Crippen molar-refractivity contribution in [2.24, 2.45) is 0 Å². The van der Waals surface area contributed by atoms with E-state index in [9.17, 15) is 19.2 Å². The molecule has 1 saturated heterocycles. The Bertz CT molecular complexity index is 717. The van der Waals surface area contributed by atoms with Crippen molar-refractivity contribution in [3.63, 3.8) is 0 Å². The topological polar surface area (TPSA) is 117 Å². The van der Waals surface area contributed by atoms with Gasteiger partial charge in [0.1, 0.15) is 6.04 Å². The number of carbonyl (C=O) groups is 4. The number of benzene rings is 1. The number of hydrogen-bond acceptors (Lipinski definition) is 6. The van der Waals surface area contributed by atoms with E-state index in [1.165, 1.54) is 4.90 Å². The normalized spacial score (nSPS) is 16.6. The third-order valence-electron chi connectivity index (χ3n) is 4.55. The number of nitrogens with zero attached hydrogens (tertiary/aromatic N) is 1. The quantitative estimate of drug-likeness (QED) is 0.437. The highest BCUT2D eigenvalue weighted by atomic mass is 16.6. The summed E-state index contributed by atoms with van der Waals surface area (Å²) in [5.41, 5.74) is 0.909. The first kappa shape index (κ1) is 22.4. The molecule has 9 heteroatoms. The number of nitrogens with one attached hydrogen (secondary N) is 3. The van der Waals surface area contributed by atoms with Gasteiger partial charge >= 0.3 is 18.1 Å². The number of alkyl carbamates (subject to hydrolysis) is 1. The first-order valence-electron chi connectivity index (χ1n) is 9.64. The van der Waals surface area contributed by atoms with Crippen molar-refractivity contribution >= 4 is 23.9 Å². The second-order valence-electron chi connectivity index (χ2n) is 7.09. The van der Waals surface area contributed by atoms with Gasteiger partial charge in [-0.1, -0.05) is 30.3 Å². The van der Waals surface area contributed by atoms with E-state index in [1.807, 2.05) is 30.3 Å². The number of amides is 3. The summed E-state index contributed by atoms with van der Waals surface area (Å²) in [7, 11) is 3.18. The van der Waals surface area contributed by atoms with Crippen LogP contribution in [0.2, 0.25) is 0 Å². The van der Waals surface area contributed by atoms with E-state index in [4.69, 9.17) is 4.74 Å². The Kier molecular flexibility index (Phi) is 8.60. The minimum absolute atomic E-state index is 0.00379. The standard InChI is InChI=1S/C20H28N4O5/c1-24(2)19(27)23-16(13-14-7-4-3-5-8-14)17(25)10-12-22-20(28)29-18(26)15-9-6-11-21-15/h3-5,7-8,15-16,21H,6,9-13H2,1-2H3,(H,22,28)(H,23,27)/t15-,16?/m0/s1. The van der Waals surface area contributed by atoms with Gasteiger partial charge in [-0.25, -0.2) is 14.4 Å². The molecule has 2 atom stereocenters. The largest absolute Gasteiger partial charge is 0.414 e. The molecule has 3 N–H and O–H groups in total. The van der Waals surface area contributed by atoms with Crippen LogP contribution in [0.25, 0.3) is 0 Å². The van der Waals surface area contributed by atoms with Crippen LogP contribution in [0.3, 0.4) is 0 Å². The van der Waals surface area contributed by atoms with E-state index in [0.29, 0.717) is 12.8 Å². The van der Waals surface area contributed by atoms with Crippen LogP contribution in [0.15, 0.2) is 30.3 Å². The SMILES string of the molecule is CN(C)C(=O)NC(Cc1ccccc1)C(=O)CCNC(=O)OC(=O)[C@@H]1CCCN1. The minimum Gasteiger partial charge on any atom is -0.375 e. The zero-order valence-corrected chi connectivity index (χ0v) is 16.8. The maximum absolute atomic E-state index is 12.6. The lowest BCUT2D eigenvalue weighted by atomic mass is 10.0. The van der Waals surface area contributed by atoms with Gasteiger partial charge in [0.25, 0.3) is 0 Å². The predicted molar refractivity (Wildman–Crippen MR) is 106 cm³/mol. The van der Waals surface area contributed by atoms with E-state index in [0.717, 1.165) is 18.5 Å². The Morgan fingerprint density at radius 3 is 2.55 bits per heavy atom. The molecule has 3 amide bonds. The van der Waals surface area contributed by atoms with Gasteiger partial charge in [-0.3, -0.25) is 4.79 Å². The number of carbonyl (C=O) groups excluding carboxylic acids is 4. The molecule has 2 rings (SSSR count). The van der Waals surface area contributed by atoms with Crippen LogP contribution in [0.1, 0.15) is 24.8 Å². The Labute approximate surface area is 170 Å². The van der Waals surface area contributed by atoms with Crippen LogP contribution in [0, 0.1) is 0 Å². The molecule has 1 heterocycles. The number of ketones is 1. The second kappa shape index (κ2) is 11.2. The predicted octanol–water partition coefficient (Wildman–Crippen LogP) is 0.833. The third kappa shape index (κ3) is 7.53. The summed E-state index contributed by atoms with van der Waals surface area (Å²) in [6.07, 6.45) is 0.953. The van der Waals surface area contributed by atoms with Crippen LogP contribution in [0.5, 0.6) is 0 Å². The maximum atomic E-state index is 12.6. The Balaban J connectivity index is 1.83. The fraction of sp³-hybridized carbons (Fsp3) is 0.500. The average molecular weight is 404 g/mol. The monoisotopic (exact) mass is 404 g/mol. The molecule has 1 aromatic carbocycles. The van der Waals surface area contributed by atoms with Crippen molar-refractivity contribution in [1.82, 2.24) is 20.9 Å². The van der Waals surface area contributed by atoms with Crippen molar-refractivity contribution in [1.29, 1.82) is 0 Å². The lowest BCUT2D eigenvalue weighted by molar-refractivity contribution is -0.139. The highest BCUT2D eigenvalue weighted by molar-refractivity contribution is 5.90. The van der Waals surface area contributed by atoms with Gasteiger partial charge in [0.05, 0.1) is 6.04 Å². The van der Waals surface area contributed by atoms with Gasteiger partial charge in [-0.2, -0.15) is 0 Å². The second-order valence-corrected chi connectivity index (χ2v) is 7.09. The van der Waals surface area contributed by atoms with Crippen molar-refractivity contribution in [3.8, 4) is 0 Å². The van der Waals surface area contributed by atoms with Crippen molar-refractivity contribution in [2.75, 3.05) is 27.2 Å². The summed E-state index contributed by atoms with van der Waals surface area (Å²) in [5.74, 6) is -0.848. The summed E-state index contributed by atoms with van der Waals surface area (Å²) in [4.78, 5) is 49.5. The van der Waals surface area contributed by atoms with E-state index in [1.54, 1.807) is 14.1 Å². The average Bonchev–Trinajstić information content (AvgIpc) is 3.23. The maximum Gasteiger partial charge on any atom is 0.414 e. The Morgan fingerprint density at radius 1 is 1.21 bits per heavy atom. The molecule has 0 aliphatic carbocycles. The number of ether oxygens (including phenoxy) is 1. The van der Waals surface area contributed by atoms with Crippen LogP contribution < -0.4 is 16.0 Å². The molecule has 0 spiro atoms. The number of rotatable bonds is 8. The molecule has 1 unspecified atom stereocenters. The lowest BCUT2D eigenvalue weighted by Crippen LogP contribution is -2.47. The van der Waals surface area contributed by atoms with Gasteiger partial charge < -0.3 is 25.6 Å². The third-order valence-corrected chi connectivity index (χ3v) is 4.55. The van der Waals surface area contributed by atoms with Gasteiger partial charge in [-0.15, -0.1) is 0 Å². The zero-order valence-electron chi connectivity index (χ0n) is 16.8. The number of urea groups is 1. The van der Waals surface area contributed by atoms with Crippen LogP contribution >= 0.6 is 0 Å². The van der Waals surface area contributed by atoms with E-state index < -0.39 is 24.1 Å². The summed E-state index contributed by atoms with van der Waals surface area (Å²) in [6.45, 7) is 0.726. The van der Waals surface area contributed by atoms with Crippen molar-refractivity contribution in [3.05, 3.63) is 35.9 Å². The van der Waals surface area contributed by atoms with Gasteiger partial charge in [0.15, 0.2) is 5.78 Å². The molecule has 1 aliphatic heterocycles. The summed E-state index contributed by atoms with van der Waals surface area (Å²) in [6, 6.07) is 7.78. The summed E-state index contributed by atoms with van der Waals surface area (Å²) < 4.78 is 4.73. The van der Waals surface area contributed by atoms with Gasteiger partial charge in [0, 0.05) is 27.1 Å². The fourth-order valence-corrected chi connectivity index (χ4v) is 2.92. The number of Topliss-reactive ketones (excluding diaryl/α,β-unsaturated/α-hetero) is 1. The first-order valence-corrected chi connectivity index (χ1v) is 9.64. The zero-order chi connectivity index (χ0) is 21.2. The highest BCUT2D eigenvalue weighted by Crippen LogP contribution is 2.07. The van der Waals surface area contributed by atoms with Crippen molar-refractivity contribution < 1.29 is 23.9 Å². The molecule has 1 aromatic rings. The molecule has 29 heavy (non-hydrogen) atoms. The van der Waals surface area contributed by atoms with Crippen LogP contribution in [-0.4, -0.2) is 68.0 Å². The van der Waals surface area contributed by atoms with E-state index in [2.05, 4.69) is 16.0 Å².